The van der Waals surface area contributed by atoms with Crippen LogP contribution in [-0.4, -0.2) is 13.0 Å². The molecule has 0 atom stereocenters. The molecule has 0 saturated heterocycles. The molecule has 1 N–H and O–H groups in total. The minimum atomic E-state index is -0.578. The fraction of sp³-hybridized carbons (Fsp3) is 0.238. The molecule has 0 radical (unpaired) electrons. The number of ether oxygens (including phenoxy) is 1. The van der Waals surface area contributed by atoms with Crippen LogP contribution < -0.4 is 15.7 Å². The van der Waals surface area contributed by atoms with Crippen molar-refractivity contribution in [2.24, 2.45) is 0 Å². The van der Waals surface area contributed by atoms with Crippen LogP contribution in [0.4, 0.5) is 5.69 Å². The number of benzene rings is 2. The van der Waals surface area contributed by atoms with Crippen LogP contribution in [0.5, 0.6) is 5.75 Å². The van der Waals surface area contributed by atoms with Crippen LogP contribution in [0.25, 0.3) is 11.0 Å². The maximum atomic E-state index is 12.7. The summed E-state index contributed by atoms with van der Waals surface area (Å²) in [6.45, 7) is 2.16. The van der Waals surface area contributed by atoms with Gasteiger partial charge in [0, 0.05) is 23.2 Å². The van der Waals surface area contributed by atoms with E-state index < -0.39 is 5.63 Å². The summed E-state index contributed by atoms with van der Waals surface area (Å²) in [4.78, 5) is 24.5. The van der Waals surface area contributed by atoms with Crippen molar-refractivity contribution < 1.29 is 13.9 Å². The summed E-state index contributed by atoms with van der Waals surface area (Å²) >= 11 is 0. The van der Waals surface area contributed by atoms with Gasteiger partial charge < -0.3 is 14.5 Å². The zero-order chi connectivity index (χ0) is 18.5. The Morgan fingerprint density at radius 2 is 1.88 bits per heavy atom. The summed E-state index contributed by atoms with van der Waals surface area (Å²) in [5.41, 5.74) is 1.93. The first-order chi connectivity index (χ1) is 12.6. The molecule has 1 amide bonds. The lowest BCUT2D eigenvalue weighted by atomic mass is 10.1. The van der Waals surface area contributed by atoms with Gasteiger partial charge in [-0.2, -0.15) is 0 Å². The van der Waals surface area contributed by atoms with Crippen LogP contribution in [0.3, 0.4) is 0 Å². The van der Waals surface area contributed by atoms with Crippen LogP contribution in [0.15, 0.2) is 57.7 Å². The number of hydrogen-bond donors (Lipinski definition) is 1. The Balaban J connectivity index is 1.86. The predicted molar refractivity (Wildman–Crippen MR) is 102 cm³/mol. The van der Waals surface area contributed by atoms with Gasteiger partial charge in [0.2, 0.25) is 0 Å². The first-order valence-electron chi connectivity index (χ1n) is 8.63. The molecule has 0 aliphatic rings. The molecule has 26 heavy (non-hydrogen) atoms. The molecule has 1 aromatic heterocycles. The number of rotatable bonds is 6. The molecular weight excluding hydrogens is 330 g/mol. The van der Waals surface area contributed by atoms with E-state index in [1.165, 1.54) is 18.7 Å². The average Bonchev–Trinajstić information content (AvgIpc) is 2.66. The van der Waals surface area contributed by atoms with Gasteiger partial charge >= 0.3 is 5.63 Å². The Bertz CT molecular complexity index is 973. The van der Waals surface area contributed by atoms with Gasteiger partial charge in [0.25, 0.3) is 5.91 Å². The van der Waals surface area contributed by atoms with Crippen molar-refractivity contribution in [2.45, 2.75) is 26.2 Å². The van der Waals surface area contributed by atoms with Crippen LogP contribution in [0.1, 0.15) is 35.7 Å². The normalized spacial score (nSPS) is 10.7. The van der Waals surface area contributed by atoms with Crippen molar-refractivity contribution in [1.29, 1.82) is 0 Å². The highest BCUT2D eigenvalue weighted by atomic mass is 16.5. The van der Waals surface area contributed by atoms with Crippen molar-refractivity contribution in [3.8, 4) is 5.75 Å². The van der Waals surface area contributed by atoms with Crippen LogP contribution in [-0.2, 0) is 6.42 Å². The van der Waals surface area contributed by atoms with E-state index in [-0.39, 0.29) is 11.5 Å². The number of methoxy groups -OCH3 is 1. The molecule has 134 valence electrons. The zero-order valence-electron chi connectivity index (χ0n) is 14.9. The predicted octanol–water partition coefficient (Wildman–Crippen LogP) is 4.40. The van der Waals surface area contributed by atoms with Crippen molar-refractivity contribution in [1.82, 2.24) is 0 Å². The third kappa shape index (κ3) is 3.94. The first-order valence-corrected chi connectivity index (χ1v) is 8.63. The summed E-state index contributed by atoms with van der Waals surface area (Å²) in [6.07, 6.45) is 3.31. The van der Waals surface area contributed by atoms with Crippen molar-refractivity contribution in [3.63, 3.8) is 0 Å². The van der Waals surface area contributed by atoms with Gasteiger partial charge in [0.1, 0.15) is 11.3 Å². The highest BCUT2D eigenvalue weighted by Gasteiger charge is 2.14. The van der Waals surface area contributed by atoms with E-state index in [4.69, 9.17) is 9.15 Å². The third-order valence-electron chi connectivity index (χ3n) is 4.23. The molecule has 0 aliphatic carbocycles. The van der Waals surface area contributed by atoms with E-state index in [2.05, 4.69) is 12.2 Å². The number of amides is 1. The number of anilines is 1. The molecule has 0 aliphatic heterocycles. The summed E-state index contributed by atoms with van der Waals surface area (Å²) in [5.74, 6) is 0.204. The maximum absolute atomic E-state index is 12.7. The molecule has 0 spiro atoms. The number of nitrogens with one attached hydrogen (secondary N) is 1. The quantitative estimate of drug-likeness (QED) is 0.669. The Morgan fingerprint density at radius 3 is 2.58 bits per heavy atom. The minimum Gasteiger partial charge on any atom is -0.497 e. The Morgan fingerprint density at radius 1 is 1.12 bits per heavy atom. The smallest absolute Gasteiger partial charge is 0.337 e. The third-order valence-corrected chi connectivity index (χ3v) is 4.23. The van der Waals surface area contributed by atoms with E-state index in [9.17, 15) is 9.59 Å². The second-order valence-corrected chi connectivity index (χ2v) is 6.10. The zero-order valence-corrected chi connectivity index (χ0v) is 14.9. The fourth-order valence-electron chi connectivity index (χ4n) is 2.79. The van der Waals surface area contributed by atoms with Crippen LogP contribution >= 0.6 is 0 Å². The highest BCUT2D eigenvalue weighted by molar-refractivity contribution is 6.12. The number of fused-ring (bicyclic) bond motifs is 1. The second-order valence-electron chi connectivity index (χ2n) is 6.10. The maximum Gasteiger partial charge on any atom is 0.337 e. The van der Waals surface area contributed by atoms with E-state index in [1.54, 1.807) is 18.2 Å². The number of carbonyl (C=O) groups excluding carboxylic acids is 1. The van der Waals surface area contributed by atoms with Crippen molar-refractivity contribution in [3.05, 3.63) is 70.1 Å². The van der Waals surface area contributed by atoms with Gasteiger partial charge in [-0.25, -0.2) is 4.79 Å². The molecular formula is C21H21NO4. The van der Waals surface area contributed by atoms with E-state index >= 15 is 0 Å². The minimum absolute atomic E-state index is 0.272. The molecule has 3 rings (SSSR count). The van der Waals surface area contributed by atoms with E-state index in [1.807, 2.05) is 24.3 Å². The van der Waals surface area contributed by atoms with E-state index in [0.29, 0.717) is 22.4 Å². The number of unbranched alkanes of at least 4 members (excludes halogenated alkanes) is 1. The fourth-order valence-corrected chi connectivity index (χ4v) is 2.79. The standard InChI is InChI=1S/C21H21NO4/c1-3-4-5-14-6-8-15(9-7-14)22-21(24)18-13-20(23)26-19-12-16(25-2)10-11-17(18)19/h6-13H,3-5H2,1-2H3,(H,22,24). The Kier molecular flexibility index (Phi) is 5.37. The lowest BCUT2D eigenvalue weighted by molar-refractivity contribution is 0.102. The molecule has 3 aromatic rings. The first kappa shape index (κ1) is 17.7. The molecule has 2 aromatic carbocycles. The summed E-state index contributed by atoms with van der Waals surface area (Å²) < 4.78 is 10.3. The van der Waals surface area contributed by atoms with Gasteiger partial charge in [-0.1, -0.05) is 25.5 Å². The number of carbonyl (C=O) groups is 1. The topological polar surface area (TPSA) is 68.5 Å². The molecule has 0 bridgehead atoms. The van der Waals surface area contributed by atoms with Crippen molar-refractivity contribution >= 4 is 22.6 Å². The lowest BCUT2D eigenvalue weighted by Gasteiger charge is -2.09. The largest absolute Gasteiger partial charge is 0.497 e. The summed E-state index contributed by atoms with van der Waals surface area (Å²) in [7, 11) is 1.53. The van der Waals surface area contributed by atoms with Crippen molar-refractivity contribution in [2.75, 3.05) is 12.4 Å². The monoisotopic (exact) mass is 351 g/mol. The molecule has 0 unspecified atom stereocenters. The molecule has 1 heterocycles. The van der Waals surface area contributed by atoms with Gasteiger partial charge in [-0.3, -0.25) is 4.79 Å². The Labute approximate surface area is 151 Å². The van der Waals surface area contributed by atoms with Gasteiger partial charge in [-0.05, 0) is 42.7 Å². The second kappa shape index (κ2) is 7.87. The van der Waals surface area contributed by atoms with Crippen LogP contribution in [0, 0.1) is 0 Å². The van der Waals surface area contributed by atoms with E-state index in [0.717, 1.165) is 19.3 Å². The summed E-state index contributed by atoms with van der Waals surface area (Å²) in [5, 5.41) is 3.40. The highest BCUT2D eigenvalue weighted by Crippen LogP contribution is 2.23. The molecule has 0 fully saturated rings. The average molecular weight is 351 g/mol. The molecule has 5 nitrogen and oxygen atoms in total. The number of aryl methyl sites for hydroxylation is 1. The van der Waals surface area contributed by atoms with Gasteiger partial charge in [-0.15, -0.1) is 0 Å². The Hall–Kier alpha value is -3.08. The lowest BCUT2D eigenvalue weighted by Crippen LogP contribution is -2.15. The SMILES string of the molecule is CCCCc1ccc(NC(=O)c2cc(=O)oc3cc(OC)ccc23)cc1. The summed E-state index contributed by atoms with van der Waals surface area (Å²) in [6, 6.07) is 14.0. The van der Waals surface area contributed by atoms with Gasteiger partial charge in [0.05, 0.1) is 12.7 Å². The van der Waals surface area contributed by atoms with Gasteiger partial charge in [0.15, 0.2) is 0 Å². The number of hydrogen-bond acceptors (Lipinski definition) is 4. The van der Waals surface area contributed by atoms with Crippen LogP contribution in [0.2, 0.25) is 0 Å². The molecule has 5 heteroatoms. The molecule has 0 saturated carbocycles.